The Bertz CT molecular complexity index is 482. The van der Waals surface area contributed by atoms with Crippen LogP contribution in [0.3, 0.4) is 0 Å². The van der Waals surface area contributed by atoms with Crippen molar-refractivity contribution in [2.45, 2.75) is 76.1 Å². The predicted molar refractivity (Wildman–Crippen MR) is 92.5 cm³/mol. The van der Waals surface area contributed by atoms with Crippen molar-refractivity contribution in [3.05, 3.63) is 12.2 Å². The maximum Gasteiger partial charge on any atom is 0.168 e. The molecule has 0 heterocycles. The number of aliphatic hydroxyl groups excluding tert-OH is 2. The Hall–Kier alpha value is -0.710. The molecule has 3 aliphatic rings. The molecule has 4 heteroatoms. The predicted octanol–water partition coefficient (Wildman–Crippen LogP) is 2.87. The Morgan fingerprint density at radius 2 is 2.00 bits per heavy atom. The Morgan fingerprint density at radius 3 is 2.62 bits per heavy atom. The molecule has 136 valence electrons. The van der Waals surface area contributed by atoms with Gasteiger partial charge in [-0.2, -0.15) is 0 Å². The van der Waals surface area contributed by atoms with E-state index in [0.29, 0.717) is 18.8 Å². The highest BCUT2D eigenvalue weighted by molar-refractivity contribution is 5.97. The average Bonchev–Trinajstić information content (AvgIpc) is 2.62. The number of fused-ring (bicyclic) bond motifs is 1. The second-order valence-electron chi connectivity index (χ2n) is 7.96. The first-order valence-corrected chi connectivity index (χ1v) is 9.69. The van der Waals surface area contributed by atoms with E-state index >= 15 is 0 Å². The molecule has 0 spiro atoms. The molecule has 0 aliphatic heterocycles. The second kappa shape index (κ2) is 7.27. The van der Waals surface area contributed by atoms with E-state index < -0.39 is 17.8 Å². The third-order valence-electron chi connectivity index (χ3n) is 6.86. The minimum absolute atomic E-state index is 0.0265. The Kier molecular flexibility index (Phi) is 5.48. The smallest absolute Gasteiger partial charge is 0.168 e. The molecule has 4 nitrogen and oxygen atoms in total. The summed E-state index contributed by atoms with van der Waals surface area (Å²) in [5.74, 6) is 0.461. The number of aliphatic hydroxyl groups is 2. The van der Waals surface area contributed by atoms with Crippen molar-refractivity contribution in [1.82, 2.24) is 0 Å². The lowest BCUT2D eigenvalue weighted by Gasteiger charge is -2.58. The Labute approximate surface area is 145 Å². The monoisotopic (exact) mass is 336 g/mol. The van der Waals surface area contributed by atoms with Crippen LogP contribution < -0.4 is 0 Å². The zero-order chi connectivity index (χ0) is 17.3. The van der Waals surface area contributed by atoms with Crippen LogP contribution in [0, 0.1) is 23.7 Å². The van der Waals surface area contributed by atoms with Crippen LogP contribution in [-0.2, 0) is 9.53 Å². The molecule has 1 unspecified atom stereocenters. The first-order valence-electron chi connectivity index (χ1n) is 9.69. The lowest BCUT2D eigenvalue weighted by Crippen LogP contribution is -2.69. The molecule has 0 aromatic rings. The number of rotatable bonds is 5. The van der Waals surface area contributed by atoms with Gasteiger partial charge in [0.15, 0.2) is 5.78 Å². The van der Waals surface area contributed by atoms with E-state index in [9.17, 15) is 15.0 Å². The lowest BCUT2D eigenvalue weighted by atomic mass is 9.49. The van der Waals surface area contributed by atoms with Gasteiger partial charge in [-0.05, 0) is 38.0 Å². The minimum atomic E-state index is -0.704. The van der Waals surface area contributed by atoms with Gasteiger partial charge in [-0.1, -0.05) is 38.3 Å². The molecule has 0 radical (unpaired) electrons. The van der Waals surface area contributed by atoms with Crippen molar-refractivity contribution < 1.29 is 19.7 Å². The fourth-order valence-electron chi connectivity index (χ4n) is 5.43. The van der Waals surface area contributed by atoms with Gasteiger partial charge in [-0.3, -0.25) is 4.79 Å². The van der Waals surface area contributed by atoms with Crippen molar-refractivity contribution in [2.24, 2.45) is 23.7 Å². The number of methoxy groups -OCH3 is 1. The van der Waals surface area contributed by atoms with E-state index in [1.807, 2.05) is 19.1 Å². The fraction of sp³-hybridized carbons (Fsp3) is 0.850. The van der Waals surface area contributed by atoms with Crippen LogP contribution in [0.2, 0.25) is 0 Å². The SMILES string of the molecule is CCC1C(=O)[C@]2(OC)CC[C@H](O)[C@@H](/C=C/[C@@H](O)C3CCCCC3)[C@H]12. The molecule has 3 rings (SSSR count). The van der Waals surface area contributed by atoms with Gasteiger partial charge in [0, 0.05) is 24.9 Å². The summed E-state index contributed by atoms with van der Waals surface area (Å²) in [6.45, 7) is 2.03. The molecular weight excluding hydrogens is 304 g/mol. The summed E-state index contributed by atoms with van der Waals surface area (Å²) in [5, 5.41) is 21.0. The number of ketones is 1. The molecule has 0 aromatic heterocycles. The summed E-state index contributed by atoms with van der Waals surface area (Å²) in [6, 6.07) is 0. The maximum atomic E-state index is 12.5. The third-order valence-corrected chi connectivity index (χ3v) is 6.86. The van der Waals surface area contributed by atoms with Crippen LogP contribution in [0.4, 0.5) is 0 Å². The summed E-state index contributed by atoms with van der Waals surface area (Å²) < 4.78 is 5.67. The van der Waals surface area contributed by atoms with Crippen LogP contribution in [-0.4, -0.2) is 40.9 Å². The standard InChI is InChI=1S/C20H32O4/c1-3-14-18-15(9-10-16(21)13-7-5-4-6-8-13)17(22)11-12-20(18,24-2)19(14)23/h9-10,13-18,21-22H,3-8,11-12H2,1-2H3/b10-9+/t14?,15-,16-,17+,18+,20+/m1/s1. The van der Waals surface area contributed by atoms with E-state index in [-0.39, 0.29) is 23.5 Å². The van der Waals surface area contributed by atoms with Crippen LogP contribution >= 0.6 is 0 Å². The molecule has 6 atom stereocenters. The van der Waals surface area contributed by atoms with Gasteiger partial charge in [-0.15, -0.1) is 0 Å². The fourth-order valence-corrected chi connectivity index (χ4v) is 5.43. The summed E-state index contributed by atoms with van der Waals surface area (Å²) in [5.41, 5.74) is -0.704. The van der Waals surface area contributed by atoms with Gasteiger partial charge in [0.2, 0.25) is 0 Å². The Morgan fingerprint density at radius 1 is 1.29 bits per heavy atom. The molecule has 0 aromatic carbocycles. The quantitative estimate of drug-likeness (QED) is 0.758. The zero-order valence-corrected chi connectivity index (χ0v) is 15.0. The van der Waals surface area contributed by atoms with E-state index in [1.54, 1.807) is 7.11 Å². The van der Waals surface area contributed by atoms with Gasteiger partial charge in [0.1, 0.15) is 5.60 Å². The Balaban J connectivity index is 1.74. The summed E-state index contributed by atoms with van der Waals surface area (Å²) in [6.07, 6.45) is 10.8. The van der Waals surface area contributed by atoms with Crippen molar-refractivity contribution >= 4 is 5.78 Å². The second-order valence-corrected chi connectivity index (χ2v) is 7.96. The normalized spacial score (nSPS) is 41.9. The molecular formula is C20H32O4. The number of carbonyl (C=O) groups excluding carboxylic acids is 1. The van der Waals surface area contributed by atoms with E-state index in [0.717, 1.165) is 19.3 Å². The number of ether oxygens (including phenoxy) is 1. The highest BCUT2D eigenvalue weighted by atomic mass is 16.5. The summed E-state index contributed by atoms with van der Waals surface area (Å²) in [4.78, 5) is 12.5. The molecule has 0 bridgehead atoms. The minimum Gasteiger partial charge on any atom is -0.393 e. The van der Waals surface area contributed by atoms with Crippen molar-refractivity contribution in [2.75, 3.05) is 7.11 Å². The molecule has 0 amide bonds. The van der Waals surface area contributed by atoms with Gasteiger partial charge >= 0.3 is 0 Å². The average molecular weight is 336 g/mol. The van der Waals surface area contributed by atoms with E-state index in [4.69, 9.17) is 4.74 Å². The molecule has 2 N–H and O–H groups in total. The van der Waals surface area contributed by atoms with Gasteiger partial charge in [0.05, 0.1) is 12.2 Å². The van der Waals surface area contributed by atoms with E-state index in [1.165, 1.54) is 19.3 Å². The van der Waals surface area contributed by atoms with E-state index in [2.05, 4.69) is 0 Å². The van der Waals surface area contributed by atoms with Gasteiger partial charge in [-0.25, -0.2) is 0 Å². The molecule has 24 heavy (non-hydrogen) atoms. The van der Waals surface area contributed by atoms with Crippen molar-refractivity contribution in [3.8, 4) is 0 Å². The zero-order valence-electron chi connectivity index (χ0n) is 15.0. The van der Waals surface area contributed by atoms with Crippen LogP contribution in [0.15, 0.2) is 12.2 Å². The first-order chi connectivity index (χ1) is 11.5. The van der Waals surface area contributed by atoms with Gasteiger partial charge in [0.25, 0.3) is 0 Å². The maximum absolute atomic E-state index is 12.5. The first kappa shape index (κ1) is 18.1. The lowest BCUT2D eigenvalue weighted by molar-refractivity contribution is -0.208. The van der Waals surface area contributed by atoms with Crippen molar-refractivity contribution in [1.29, 1.82) is 0 Å². The topological polar surface area (TPSA) is 66.8 Å². The van der Waals surface area contributed by atoms with Crippen molar-refractivity contribution in [3.63, 3.8) is 0 Å². The van der Waals surface area contributed by atoms with Crippen LogP contribution in [0.1, 0.15) is 58.3 Å². The van der Waals surface area contributed by atoms with Gasteiger partial charge < -0.3 is 14.9 Å². The number of carbonyl (C=O) groups is 1. The molecule has 3 fully saturated rings. The molecule has 0 saturated heterocycles. The summed E-state index contributed by atoms with van der Waals surface area (Å²) >= 11 is 0. The number of Topliss-reactive ketones (excluding diaryl/α,β-unsaturated/α-hetero) is 1. The van der Waals surface area contributed by atoms with Crippen LogP contribution in [0.25, 0.3) is 0 Å². The molecule has 3 saturated carbocycles. The summed E-state index contributed by atoms with van der Waals surface area (Å²) in [7, 11) is 1.62. The highest BCUT2D eigenvalue weighted by Gasteiger charge is 2.66. The highest BCUT2D eigenvalue weighted by Crippen LogP contribution is 2.55. The number of hydrogen-bond donors (Lipinski definition) is 2. The third kappa shape index (κ3) is 2.87. The van der Waals surface area contributed by atoms with Crippen LogP contribution in [0.5, 0.6) is 0 Å². The largest absolute Gasteiger partial charge is 0.393 e. The number of hydrogen-bond acceptors (Lipinski definition) is 4. The molecule has 3 aliphatic carbocycles.